The number of fused-ring (bicyclic) bond motifs is 1. The summed E-state index contributed by atoms with van der Waals surface area (Å²) in [4.78, 5) is 22.2. The van der Waals surface area contributed by atoms with Crippen LogP contribution in [-0.2, 0) is 11.2 Å². The molecule has 28 heavy (non-hydrogen) atoms. The van der Waals surface area contributed by atoms with Crippen molar-refractivity contribution in [1.29, 1.82) is 0 Å². The fourth-order valence-electron chi connectivity index (χ4n) is 4.42. The van der Waals surface area contributed by atoms with Crippen molar-refractivity contribution in [3.05, 3.63) is 41.7 Å². The highest BCUT2D eigenvalue weighted by atomic mass is 16.2. The number of carbonyl (C=O) groups excluding carboxylic acids is 1. The van der Waals surface area contributed by atoms with Gasteiger partial charge in [-0.05, 0) is 63.2 Å². The van der Waals surface area contributed by atoms with E-state index in [0.29, 0.717) is 30.2 Å². The van der Waals surface area contributed by atoms with Crippen LogP contribution in [-0.4, -0.2) is 48.0 Å². The van der Waals surface area contributed by atoms with E-state index in [-0.39, 0.29) is 5.91 Å². The first-order chi connectivity index (χ1) is 13.3. The van der Waals surface area contributed by atoms with Crippen LogP contribution in [0.4, 0.5) is 0 Å². The van der Waals surface area contributed by atoms with E-state index in [9.17, 15) is 4.79 Å². The number of hydrogen-bond donors (Lipinski definition) is 2. The van der Waals surface area contributed by atoms with Crippen LogP contribution in [0.3, 0.4) is 0 Å². The second-order valence-corrected chi connectivity index (χ2v) is 8.86. The van der Waals surface area contributed by atoms with Crippen molar-refractivity contribution < 1.29 is 4.79 Å². The van der Waals surface area contributed by atoms with Crippen LogP contribution in [0, 0.1) is 23.7 Å². The van der Waals surface area contributed by atoms with Gasteiger partial charge in [-0.15, -0.1) is 0 Å². The Morgan fingerprint density at radius 3 is 2.75 bits per heavy atom. The monoisotopic (exact) mass is 382 g/mol. The Balaban J connectivity index is 1.69. The summed E-state index contributed by atoms with van der Waals surface area (Å²) in [5, 5.41) is 3.13. The Labute approximate surface area is 168 Å². The van der Waals surface area contributed by atoms with Gasteiger partial charge in [0.25, 0.3) is 0 Å². The fourth-order valence-corrected chi connectivity index (χ4v) is 4.42. The van der Waals surface area contributed by atoms with Crippen LogP contribution in [0.25, 0.3) is 11.0 Å². The summed E-state index contributed by atoms with van der Waals surface area (Å²) in [5.74, 6) is 3.22. The molecule has 1 heterocycles. The number of likely N-dealkylation sites (N-methyl/N-ethyl adjacent to an activating group) is 1. The molecule has 0 bridgehead atoms. The second-order valence-electron chi connectivity index (χ2n) is 8.86. The standard InChI is InChI=1S/C23H34N4O/c1-15(2)19-11-17(12-22-25-20-8-6-7-9-21(20)26-22)16(3)10-18(19)13-24-23(28)14-27(4)5/h6-10,15,17-19H,11-14H2,1-5H3,(H,24,28)(H,25,26)/t17-,18-,19-/m0/s1. The average molecular weight is 383 g/mol. The quantitative estimate of drug-likeness (QED) is 0.719. The largest absolute Gasteiger partial charge is 0.354 e. The first kappa shape index (κ1) is 20.6. The summed E-state index contributed by atoms with van der Waals surface area (Å²) in [6.07, 6.45) is 4.49. The highest BCUT2D eigenvalue weighted by molar-refractivity contribution is 5.78. The SMILES string of the molecule is CC1=C[C@@H](CNC(=O)CN(C)C)[C@H](C(C)C)C[C@H]1Cc1nc2ccccc2[nH]1. The van der Waals surface area contributed by atoms with Gasteiger partial charge in [0.15, 0.2) is 0 Å². The van der Waals surface area contributed by atoms with Gasteiger partial charge in [-0.1, -0.05) is 37.6 Å². The normalized spacial score (nSPS) is 22.7. The van der Waals surface area contributed by atoms with Gasteiger partial charge in [-0.25, -0.2) is 4.98 Å². The van der Waals surface area contributed by atoms with Gasteiger partial charge in [0.1, 0.15) is 5.82 Å². The molecule has 1 amide bonds. The molecular formula is C23H34N4O. The summed E-state index contributed by atoms with van der Waals surface area (Å²) in [6, 6.07) is 8.21. The number of nitrogens with one attached hydrogen (secondary N) is 2. The predicted octanol–water partition coefficient (Wildman–Crippen LogP) is 3.64. The Morgan fingerprint density at radius 2 is 2.07 bits per heavy atom. The van der Waals surface area contributed by atoms with E-state index in [1.807, 2.05) is 31.1 Å². The third kappa shape index (κ3) is 5.02. The number of amides is 1. The number of carbonyl (C=O) groups is 1. The van der Waals surface area contributed by atoms with Crippen molar-refractivity contribution in [2.45, 2.75) is 33.6 Å². The average Bonchev–Trinajstić information content (AvgIpc) is 3.03. The van der Waals surface area contributed by atoms with E-state index in [2.05, 4.69) is 49.3 Å². The van der Waals surface area contributed by atoms with Crippen LogP contribution in [0.5, 0.6) is 0 Å². The maximum atomic E-state index is 12.1. The summed E-state index contributed by atoms with van der Waals surface area (Å²) < 4.78 is 0. The molecule has 1 aromatic carbocycles. The van der Waals surface area contributed by atoms with Gasteiger partial charge in [0.05, 0.1) is 17.6 Å². The lowest BCUT2D eigenvalue weighted by Crippen LogP contribution is -2.40. The molecule has 5 heteroatoms. The lowest BCUT2D eigenvalue weighted by atomic mass is 9.70. The van der Waals surface area contributed by atoms with Crippen LogP contribution in [0.15, 0.2) is 35.9 Å². The van der Waals surface area contributed by atoms with Crippen molar-refractivity contribution in [2.24, 2.45) is 23.7 Å². The molecule has 1 aromatic heterocycles. The number of H-pyrrole nitrogens is 1. The van der Waals surface area contributed by atoms with Gasteiger partial charge in [0.2, 0.25) is 5.91 Å². The van der Waals surface area contributed by atoms with E-state index in [1.165, 1.54) is 5.57 Å². The number of nitrogens with zero attached hydrogens (tertiary/aromatic N) is 2. The van der Waals surface area contributed by atoms with Crippen LogP contribution in [0.2, 0.25) is 0 Å². The Bertz CT molecular complexity index is 803. The molecule has 0 spiro atoms. The number of hydrogen-bond acceptors (Lipinski definition) is 3. The zero-order chi connectivity index (χ0) is 20.3. The topological polar surface area (TPSA) is 61.0 Å². The summed E-state index contributed by atoms with van der Waals surface area (Å²) >= 11 is 0. The fraction of sp³-hybridized carbons (Fsp3) is 0.565. The summed E-state index contributed by atoms with van der Waals surface area (Å²) in [5.41, 5.74) is 3.57. The van der Waals surface area contributed by atoms with Gasteiger partial charge < -0.3 is 15.2 Å². The zero-order valence-corrected chi connectivity index (χ0v) is 17.8. The minimum Gasteiger partial charge on any atom is -0.354 e. The number of benzene rings is 1. The third-order valence-corrected chi connectivity index (χ3v) is 5.96. The lowest BCUT2D eigenvalue weighted by molar-refractivity contribution is -0.121. The molecular weight excluding hydrogens is 348 g/mol. The molecule has 0 fully saturated rings. The van der Waals surface area contributed by atoms with Gasteiger partial charge in [0, 0.05) is 13.0 Å². The van der Waals surface area contributed by atoms with Crippen LogP contribution in [0.1, 0.15) is 33.0 Å². The smallest absolute Gasteiger partial charge is 0.234 e. The number of imidazole rings is 1. The molecule has 0 saturated carbocycles. The summed E-state index contributed by atoms with van der Waals surface area (Å²) in [6.45, 7) is 8.00. The molecule has 5 nitrogen and oxygen atoms in total. The number of allylic oxidation sites excluding steroid dienone is 1. The molecule has 3 rings (SSSR count). The maximum Gasteiger partial charge on any atom is 0.234 e. The molecule has 0 aliphatic heterocycles. The van der Waals surface area contributed by atoms with Gasteiger partial charge in [-0.2, -0.15) is 0 Å². The molecule has 152 valence electrons. The first-order valence-electron chi connectivity index (χ1n) is 10.4. The number of para-hydroxylation sites is 2. The van der Waals surface area contributed by atoms with Crippen molar-refractivity contribution in [2.75, 3.05) is 27.2 Å². The highest BCUT2D eigenvalue weighted by Gasteiger charge is 2.32. The lowest BCUT2D eigenvalue weighted by Gasteiger charge is -2.37. The third-order valence-electron chi connectivity index (χ3n) is 5.96. The molecule has 2 aromatic rings. The molecule has 3 atom stereocenters. The highest BCUT2D eigenvalue weighted by Crippen LogP contribution is 2.38. The Morgan fingerprint density at radius 1 is 1.32 bits per heavy atom. The van der Waals surface area contributed by atoms with E-state index < -0.39 is 0 Å². The Hall–Kier alpha value is -2.14. The second kappa shape index (κ2) is 8.91. The number of aromatic nitrogens is 2. The molecule has 1 aliphatic rings. The Kier molecular flexibility index (Phi) is 6.55. The number of rotatable bonds is 7. The predicted molar refractivity (Wildman–Crippen MR) is 115 cm³/mol. The van der Waals surface area contributed by atoms with E-state index in [4.69, 9.17) is 4.98 Å². The molecule has 0 unspecified atom stereocenters. The van der Waals surface area contributed by atoms with Crippen LogP contribution < -0.4 is 5.32 Å². The van der Waals surface area contributed by atoms with E-state index in [0.717, 1.165) is 36.2 Å². The van der Waals surface area contributed by atoms with Crippen molar-refractivity contribution in [1.82, 2.24) is 20.2 Å². The number of aromatic amines is 1. The molecule has 0 radical (unpaired) electrons. The summed E-state index contributed by atoms with van der Waals surface area (Å²) in [7, 11) is 3.84. The van der Waals surface area contributed by atoms with E-state index >= 15 is 0 Å². The van der Waals surface area contributed by atoms with Gasteiger partial charge in [-0.3, -0.25) is 4.79 Å². The molecule has 2 N–H and O–H groups in total. The first-order valence-corrected chi connectivity index (χ1v) is 10.4. The molecule has 1 aliphatic carbocycles. The zero-order valence-electron chi connectivity index (χ0n) is 17.8. The molecule has 0 saturated heterocycles. The minimum absolute atomic E-state index is 0.1000. The minimum atomic E-state index is 0.1000. The maximum absolute atomic E-state index is 12.1. The van der Waals surface area contributed by atoms with Crippen molar-refractivity contribution in [3.63, 3.8) is 0 Å². The van der Waals surface area contributed by atoms with Gasteiger partial charge >= 0.3 is 0 Å². The van der Waals surface area contributed by atoms with Crippen molar-refractivity contribution in [3.8, 4) is 0 Å². The van der Waals surface area contributed by atoms with Crippen LogP contribution >= 0.6 is 0 Å². The van der Waals surface area contributed by atoms with E-state index in [1.54, 1.807) is 0 Å². The van der Waals surface area contributed by atoms with Crippen molar-refractivity contribution >= 4 is 16.9 Å².